The van der Waals surface area contributed by atoms with Crippen molar-refractivity contribution in [1.29, 1.82) is 0 Å². The number of halogens is 1. The second-order valence-electron chi connectivity index (χ2n) is 5.22. The monoisotopic (exact) mass is 340 g/mol. The van der Waals surface area contributed by atoms with E-state index in [4.69, 9.17) is 16.3 Å². The number of fused-ring (bicyclic) bond motifs is 2. The summed E-state index contributed by atoms with van der Waals surface area (Å²) in [7, 11) is 0. The molecular formula is C17H13ClN4O2. The Hall–Kier alpha value is -2.86. The van der Waals surface area contributed by atoms with Gasteiger partial charge < -0.3 is 4.74 Å². The second kappa shape index (κ2) is 5.65. The third-order valence-corrected chi connectivity index (χ3v) is 3.95. The van der Waals surface area contributed by atoms with Crippen molar-refractivity contribution >= 4 is 33.7 Å². The van der Waals surface area contributed by atoms with Crippen LogP contribution < -0.4 is 10.4 Å². The zero-order valence-corrected chi connectivity index (χ0v) is 13.5. The fraction of sp³-hybridized carbons (Fsp3) is 0.118. The van der Waals surface area contributed by atoms with Gasteiger partial charge in [-0.3, -0.25) is 9.55 Å². The van der Waals surface area contributed by atoms with Gasteiger partial charge in [-0.15, -0.1) is 0 Å². The van der Waals surface area contributed by atoms with Crippen LogP contribution in [-0.4, -0.2) is 26.1 Å². The van der Waals surface area contributed by atoms with Crippen molar-refractivity contribution in [3.05, 3.63) is 58.2 Å². The molecule has 0 fully saturated rings. The van der Waals surface area contributed by atoms with E-state index in [2.05, 4.69) is 15.0 Å². The number of rotatable bonds is 3. The van der Waals surface area contributed by atoms with Gasteiger partial charge in [-0.1, -0.05) is 11.6 Å². The van der Waals surface area contributed by atoms with E-state index < -0.39 is 0 Å². The van der Waals surface area contributed by atoms with Crippen molar-refractivity contribution in [2.45, 2.75) is 6.92 Å². The van der Waals surface area contributed by atoms with Crippen LogP contribution in [0.15, 0.2) is 47.4 Å². The maximum atomic E-state index is 12.5. The summed E-state index contributed by atoms with van der Waals surface area (Å²) in [6.45, 7) is 2.39. The molecule has 0 saturated carbocycles. The SMILES string of the molecule is CCOc1ccnc2[nH]c(=O)n(-c3ccc4nc(Cl)ccc4c3)c12. The van der Waals surface area contributed by atoms with E-state index >= 15 is 0 Å². The van der Waals surface area contributed by atoms with Gasteiger partial charge in [0.05, 0.1) is 17.8 Å². The predicted octanol–water partition coefficient (Wildman–Crippen LogP) is 3.31. The maximum absolute atomic E-state index is 12.5. The quantitative estimate of drug-likeness (QED) is 0.581. The number of ether oxygens (including phenoxy) is 1. The molecule has 0 amide bonds. The molecule has 120 valence electrons. The van der Waals surface area contributed by atoms with Gasteiger partial charge in [-0.2, -0.15) is 0 Å². The largest absolute Gasteiger partial charge is 0.491 e. The molecule has 1 N–H and O–H groups in total. The summed E-state index contributed by atoms with van der Waals surface area (Å²) in [6, 6.07) is 10.9. The van der Waals surface area contributed by atoms with Crippen LogP contribution in [0.5, 0.6) is 5.75 Å². The molecule has 0 spiro atoms. The summed E-state index contributed by atoms with van der Waals surface area (Å²) in [5.41, 5.74) is 2.30. The van der Waals surface area contributed by atoms with Crippen molar-refractivity contribution in [2.24, 2.45) is 0 Å². The van der Waals surface area contributed by atoms with Crippen LogP contribution in [0, 0.1) is 0 Å². The fourth-order valence-corrected chi connectivity index (χ4v) is 2.90. The van der Waals surface area contributed by atoms with Gasteiger partial charge in [0.25, 0.3) is 0 Å². The first-order valence-electron chi connectivity index (χ1n) is 7.46. The number of hydrogen-bond donors (Lipinski definition) is 1. The molecule has 3 heterocycles. The molecule has 4 rings (SSSR count). The zero-order valence-electron chi connectivity index (χ0n) is 12.8. The van der Waals surface area contributed by atoms with Crippen LogP contribution in [0.3, 0.4) is 0 Å². The Labute approximate surface area is 141 Å². The van der Waals surface area contributed by atoms with Crippen LogP contribution in [0.1, 0.15) is 6.92 Å². The first-order chi connectivity index (χ1) is 11.7. The summed E-state index contributed by atoms with van der Waals surface area (Å²) in [5.74, 6) is 0.607. The molecule has 24 heavy (non-hydrogen) atoms. The molecule has 0 aliphatic rings. The average Bonchev–Trinajstić information content (AvgIpc) is 2.91. The highest BCUT2D eigenvalue weighted by atomic mass is 35.5. The van der Waals surface area contributed by atoms with Crippen molar-refractivity contribution in [3.8, 4) is 11.4 Å². The van der Waals surface area contributed by atoms with E-state index in [9.17, 15) is 4.79 Å². The summed E-state index contributed by atoms with van der Waals surface area (Å²) < 4.78 is 7.21. The minimum Gasteiger partial charge on any atom is -0.491 e. The molecule has 6 nitrogen and oxygen atoms in total. The van der Waals surface area contributed by atoms with Gasteiger partial charge in [0.2, 0.25) is 0 Å². The van der Waals surface area contributed by atoms with Crippen LogP contribution in [0.2, 0.25) is 5.15 Å². The number of aromatic amines is 1. The molecule has 0 atom stereocenters. The lowest BCUT2D eigenvalue weighted by molar-refractivity contribution is 0.343. The van der Waals surface area contributed by atoms with Crippen molar-refractivity contribution in [2.75, 3.05) is 6.61 Å². The normalized spacial score (nSPS) is 11.2. The Balaban J connectivity index is 2.00. The van der Waals surface area contributed by atoms with Crippen LogP contribution >= 0.6 is 11.6 Å². The number of hydrogen-bond acceptors (Lipinski definition) is 4. The fourth-order valence-electron chi connectivity index (χ4n) is 2.75. The van der Waals surface area contributed by atoms with Crippen LogP contribution in [-0.2, 0) is 0 Å². The number of benzene rings is 1. The minimum absolute atomic E-state index is 0.272. The lowest BCUT2D eigenvalue weighted by atomic mass is 10.2. The maximum Gasteiger partial charge on any atom is 0.332 e. The number of H-pyrrole nitrogens is 1. The van der Waals surface area contributed by atoms with Gasteiger partial charge in [0.15, 0.2) is 5.65 Å². The Morgan fingerprint density at radius 1 is 1.25 bits per heavy atom. The Kier molecular flexibility index (Phi) is 3.46. The van der Waals surface area contributed by atoms with Crippen molar-refractivity contribution in [1.82, 2.24) is 19.5 Å². The zero-order chi connectivity index (χ0) is 16.7. The molecule has 0 bridgehead atoms. The summed E-state index contributed by atoms with van der Waals surface area (Å²) in [5, 5.41) is 1.32. The summed E-state index contributed by atoms with van der Waals surface area (Å²) in [4.78, 5) is 23.7. The summed E-state index contributed by atoms with van der Waals surface area (Å²) >= 11 is 5.92. The van der Waals surface area contributed by atoms with Crippen LogP contribution in [0.4, 0.5) is 0 Å². The van der Waals surface area contributed by atoms with Crippen molar-refractivity contribution in [3.63, 3.8) is 0 Å². The number of nitrogens with zero attached hydrogens (tertiary/aromatic N) is 3. The van der Waals surface area contributed by atoms with E-state index in [1.165, 1.54) is 0 Å². The molecule has 0 aliphatic heterocycles. The molecule has 4 aromatic rings. The number of pyridine rings is 2. The Bertz CT molecular complexity index is 1120. The number of imidazole rings is 1. The van der Waals surface area contributed by atoms with Gasteiger partial charge in [0, 0.05) is 17.6 Å². The first kappa shape index (κ1) is 14.7. The summed E-state index contributed by atoms with van der Waals surface area (Å²) in [6.07, 6.45) is 1.61. The standard InChI is InChI=1S/C17H13ClN4O2/c1-2-24-13-7-8-19-16-15(13)22(17(23)21-16)11-4-5-12-10(9-11)3-6-14(18)20-12/h3-9H,2H2,1H3,(H,19,21,23). The van der Waals surface area contributed by atoms with E-state index in [1.54, 1.807) is 22.9 Å². The van der Waals surface area contributed by atoms with Gasteiger partial charge in [0.1, 0.15) is 16.4 Å². The molecule has 1 aromatic carbocycles. The molecule has 0 saturated heterocycles. The highest BCUT2D eigenvalue weighted by molar-refractivity contribution is 6.29. The number of nitrogens with one attached hydrogen (secondary N) is 1. The molecule has 0 radical (unpaired) electrons. The molecular weight excluding hydrogens is 328 g/mol. The van der Waals surface area contributed by atoms with Gasteiger partial charge >= 0.3 is 5.69 Å². The van der Waals surface area contributed by atoms with E-state index in [1.807, 2.05) is 31.2 Å². The third-order valence-electron chi connectivity index (χ3n) is 3.74. The van der Waals surface area contributed by atoms with Gasteiger partial charge in [-0.05, 0) is 37.3 Å². The molecule has 7 heteroatoms. The molecule has 3 aromatic heterocycles. The highest BCUT2D eigenvalue weighted by Crippen LogP contribution is 2.26. The average molecular weight is 341 g/mol. The third kappa shape index (κ3) is 2.32. The Morgan fingerprint density at radius 3 is 2.96 bits per heavy atom. The van der Waals surface area contributed by atoms with E-state index in [0.29, 0.717) is 34.4 Å². The van der Waals surface area contributed by atoms with Crippen LogP contribution in [0.25, 0.3) is 27.8 Å². The first-order valence-corrected chi connectivity index (χ1v) is 7.84. The topological polar surface area (TPSA) is 72.8 Å². The predicted molar refractivity (Wildman–Crippen MR) is 93.2 cm³/mol. The smallest absolute Gasteiger partial charge is 0.332 e. The van der Waals surface area contributed by atoms with E-state index in [0.717, 1.165) is 10.9 Å². The highest BCUT2D eigenvalue weighted by Gasteiger charge is 2.15. The van der Waals surface area contributed by atoms with Gasteiger partial charge in [-0.25, -0.2) is 14.8 Å². The lowest BCUT2D eigenvalue weighted by Crippen LogP contribution is -2.14. The van der Waals surface area contributed by atoms with Crippen molar-refractivity contribution < 1.29 is 4.74 Å². The number of aromatic nitrogens is 4. The Morgan fingerprint density at radius 2 is 2.12 bits per heavy atom. The van der Waals surface area contributed by atoms with E-state index in [-0.39, 0.29) is 5.69 Å². The minimum atomic E-state index is -0.272. The second-order valence-corrected chi connectivity index (χ2v) is 5.60. The lowest BCUT2D eigenvalue weighted by Gasteiger charge is -2.09. The molecule has 0 unspecified atom stereocenters. The molecule has 0 aliphatic carbocycles.